The topological polar surface area (TPSA) is 89.6 Å². The third kappa shape index (κ3) is 5.84. The highest BCUT2D eigenvalue weighted by Crippen LogP contribution is 2.32. The molecule has 198 valence electrons. The minimum atomic E-state index is 0.159. The predicted octanol–water partition coefficient (Wildman–Crippen LogP) is 3.86. The summed E-state index contributed by atoms with van der Waals surface area (Å²) >= 11 is 6.57. The molecular weight excluding hydrogens is 490 g/mol. The summed E-state index contributed by atoms with van der Waals surface area (Å²) in [6.07, 6.45) is 4.71. The van der Waals surface area contributed by atoms with E-state index in [9.17, 15) is 4.79 Å². The van der Waals surface area contributed by atoms with E-state index < -0.39 is 0 Å². The van der Waals surface area contributed by atoms with Gasteiger partial charge in [-0.3, -0.25) is 4.79 Å². The number of piperazine rings is 1. The Balaban J connectivity index is 1.28. The number of rotatable bonds is 9. The number of aromatic amines is 1. The fourth-order valence-electron chi connectivity index (χ4n) is 5.20. The van der Waals surface area contributed by atoms with Gasteiger partial charge in [0.2, 0.25) is 5.91 Å². The molecule has 0 spiro atoms. The van der Waals surface area contributed by atoms with Crippen LogP contribution in [0, 0.1) is 0 Å². The van der Waals surface area contributed by atoms with Crippen LogP contribution in [0.25, 0.3) is 22.6 Å². The van der Waals surface area contributed by atoms with Crippen molar-refractivity contribution in [3.05, 3.63) is 35.5 Å². The van der Waals surface area contributed by atoms with Crippen molar-refractivity contribution >= 4 is 40.0 Å². The highest BCUT2D eigenvalue weighted by atomic mass is 35.5. The highest BCUT2D eigenvalue weighted by molar-refractivity contribution is 6.34. The number of fused-ring (bicyclic) bond motifs is 1. The van der Waals surface area contributed by atoms with Crippen LogP contribution in [0.2, 0.25) is 5.02 Å². The number of piperidine rings is 1. The number of benzene rings is 1. The molecule has 1 amide bonds. The van der Waals surface area contributed by atoms with Crippen molar-refractivity contribution in [1.29, 1.82) is 0 Å². The predicted molar refractivity (Wildman–Crippen MR) is 148 cm³/mol. The molecule has 10 heteroatoms. The number of carbonyl (C=O) groups excluding carboxylic acids is 1. The Morgan fingerprint density at radius 3 is 2.65 bits per heavy atom. The lowest BCUT2D eigenvalue weighted by Gasteiger charge is -2.35. The third-order valence-corrected chi connectivity index (χ3v) is 7.74. The smallest absolute Gasteiger partial charge is 0.242 e. The fraction of sp³-hybridized carbons (Fsp3) is 0.519. The number of carbonyl (C=O) groups is 1. The molecule has 0 aliphatic carbocycles. The molecule has 9 nitrogen and oxygen atoms in total. The van der Waals surface area contributed by atoms with Crippen LogP contribution < -0.4 is 10.2 Å². The van der Waals surface area contributed by atoms with Crippen LogP contribution in [0.5, 0.6) is 0 Å². The molecule has 2 saturated heterocycles. The van der Waals surface area contributed by atoms with E-state index in [4.69, 9.17) is 21.3 Å². The first-order chi connectivity index (χ1) is 18.1. The van der Waals surface area contributed by atoms with Crippen LogP contribution in [0.15, 0.2) is 30.5 Å². The maximum Gasteiger partial charge on any atom is 0.242 e. The number of anilines is 2. The first-order valence-corrected chi connectivity index (χ1v) is 13.6. The number of nitrogens with one attached hydrogen (secondary N) is 2. The monoisotopic (exact) mass is 525 g/mol. The fourth-order valence-corrected chi connectivity index (χ4v) is 5.39. The molecule has 0 atom stereocenters. The van der Waals surface area contributed by atoms with Crippen molar-refractivity contribution in [2.45, 2.75) is 32.2 Å². The molecule has 1 aromatic carbocycles. The van der Waals surface area contributed by atoms with E-state index in [1.807, 2.05) is 17.0 Å². The summed E-state index contributed by atoms with van der Waals surface area (Å²) in [5.41, 5.74) is 4.32. The Labute approximate surface area is 223 Å². The minimum absolute atomic E-state index is 0.159. The summed E-state index contributed by atoms with van der Waals surface area (Å²) < 4.78 is 5.11. The second-order valence-corrected chi connectivity index (χ2v) is 10.2. The molecule has 3 aromatic rings. The van der Waals surface area contributed by atoms with E-state index >= 15 is 0 Å². The molecular formula is C27H36ClN7O2. The van der Waals surface area contributed by atoms with Gasteiger partial charge in [-0.1, -0.05) is 18.5 Å². The lowest BCUT2D eigenvalue weighted by atomic mass is 10.0. The van der Waals surface area contributed by atoms with Gasteiger partial charge < -0.3 is 29.7 Å². The van der Waals surface area contributed by atoms with Crippen LogP contribution in [0.4, 0.5) is 11.4 Å². The van der Waals surface area contributed by atoms with Gasteiger partial charge >= 0.3 is 0 Å². The quantitative estimate of drug-likeness (QED) is 0.410. The Morgan fingerprint density at radius 2 is 1.95 bits per heavy atom. The number of halogens is 1. The van der Waals surface area contributed by atoms with E-state index in [1.165, 1.54) is 0 Å². The Hall–Kier alpha value is -2.88. The Bertz CT molecular complexity index is 1210. The maximum absolute atomic E-state index is 12.6. The van der Waals surface area contributed by atoms with Crippen molar-refractivity contribution in [2.24, 2.45) is 0 Å². The van der Waals surface area contributed by atoms with Gasteiger partial charge in [-0.2, -0.15) is 0 Å². The standard InChI is InChI=1S/C27H36ClN7O2/c1-3-33-12-9-20(10-13-33)30-24-22(28)17-29-27-25(24)31-26(32-27)19-5-7-21(8-6-19)35-15-14-34(23(36)18-35)11-4-16-37-2/h5-8,17,20H,3-4,9-16,18H2,1-2H3,(H2,29,30,31,32). The zero-order valence-electron chi connectivity index (χ0n) is 21.7. The molecule has 37 heavy (non-hydrogen) atoms. The summed E-state index contributed by atoms with van der Waals surface area (Å²) in [7, 11) is 1.69. The number of ether oxygens (including phenoxy) is 1. The molecule has 5 rings (SSSR count). The van der Waals surface area contributed by atoms with Crippen LogP contribution >= 0.6 is 11.6 Å². The molecule has 0 bridgehead atoms. The number of likely N-dealkylation sites (tertiary alicyclic amines) is 1. The largest absolute Gasteiger partial charge is 0.385 e. The van der Waals surface area contributed by atoms with E-state index in [1.54, 1.807) is 13.3 Å². The Morgan fingerprint density at radius 1 is 1.16 bits per heavy atom. The van der Waals surface area contributed by atoms with E-state index in [0.29, 0.717) is 29.9 Å². The van der Waals surface area contributed by atoms with Gasteiger partial charge in [0.15, 0.2) is 5.65 Å². The van der Waals surface area contributed by atoms with Gasteiger partial charge in [0.25, 0.3) is 0 Å². The first-order valence-electron chi connectivity index (χ1n) is 13.2. The second kappa shape index (κ2) is 11.7. The second-order valence-electron chi connectivity index (χ2n) is 9.81. The molecule has 2 N–H and O–H groups in total. The van der Waals surface area contributed by atoms with Crippen molar-refractivity contribution in [3.63, 3.8) is 0 Å². The molecule has 0 unspecified atom stereocenters. The number of imidazole rings is 1. The van der Waals surface area contributed by atoms with Gasteiger partial charge in [-0.05, 0) is 50.1 Å². The van der Waals surface area contributed by atoms with Crippen molar-refractivity contribution in [1.82, 2.24) is 24.8 Å². The molecule has 2 aromatic heterocycles. The summed E-state index contributed by atoms with van der Waals surface area (Å²) in [6.45, 7) is 8.85. The molecule has 2 aliphatic heterocycles. The number of amides is 1. The van der Waals surface area contributed by atoms with Crippen molar-refractivity contribution in [2.75, 3.05) is 69.7 Å². The number of hydrogen-bond donors (Lipinski definition) is 2. The van der Waals surface area contributed by atoms with Crippen LogP contribution in [0.1, 0.15) is 26.2 Å². The van der Waals surface area contributed by atoms with Crippen LogP contribution in [0.3, 0.4) is 0 Å². The van der Waals surface area contributed by atoms with Gasteiger partial charge in [0.05, 0.1) is 23.5 Å². The summed E-state index contributed by atoms with van der Waals surface area (Å²) in [5.74, 6) is 0.909. The zero-order valence-corrected chi connectivity index (χ0v) is 22.4. The van der Waals surface area contributed by atoms with E-state index in [2.05, 4.69) is 44.1 Å². The Kier molecular flexibility index (Phi) is 8.12. The summed E-state index contributed by atoms with van der Waals surface area (Å²) in [5, 5.41) is 4.23. The van der Waals surface area contributed by atoms with Crippen LogP contribution in [-0.4, -0.2) is 96.2 Å². The molecule has 4 heterocycles. The SMILES string of the molecule is CCN1CCC(Nc2c(Cl)cnc3[nH]c(-c4ccc(N5CCN(CCCOC)C(=O)C5)cc4)nc23)CC1. The lowest BCUT2D eigenvalue weighted by molar-refractivity contribution is -0.131. The van der Waals surface area contributed by atoms with Gasteiger partial charge in [-0.15, -0.1) is 0 Å². The molecule has 2 fully saturated rings. The van der Waals surface area contributed by atoms with Gasteiger partial charge in [-0.25, -0.2) is 9.97 Å². The number of pyridine rings is 1. The van der Waals surface area contributed by atoms with Crippen molar-refractivity contribution < 1.29 is 9.53 Å². The van der Waals surface area contributed by atoms with Gasteiger partial charge in [0, 0.05) is 63.7 Å². The maximum atomic E-state index is 12.6. The van der Waals surface area contributed by atoms with Crippen molar-refractivity contribution in [3.8, 4) is 11.4 Å². The minimum Gasteiger partial charge on any atom is -0.385 e. The zero-order chi connectivity index (χ0) is 25.8. The summed E-state index contributed by atoms with van der Waals surface area (Å²) in [4.78, 5) is 31.8. The number of H-pyrrole nitrogens is 1. The average Bonchev–Trinajstić information content (AvgIpc) is 3.36. The first kappa shape index (κ1) is 25.8. The molecule has 0 radical (unpaired) electrons. The van der Waals surface area contributed by atoms with E-state index in [-0.39, 0.29) is 5.91 Å². The summed E-state index contributed by atoms with van der Waals surface area (Å²) in [6, 6.07) is 8.55. The number of nitrogens with zero attached hydrogens (tertiary/aromatic N) is 5. The normalized spacial score (nSPS) is 17.6. The van der Waals surface area contributed by atoms with Gasteiger partial charge in [0.1, 0.15) is 11.3 Å². The molecule has 0 saturated carbocycles. The highest BCUT2D eigenvalue weighted by Gasteiger charge is 2.24. The number of methoxy groups -OCH3 is 1. The molecule has 2 aliphatic rings. The lowest BCUT2D eigenvalue weighted by Crippen LogP contribution is -2.50. The number of aromatic nitrogens is 3. The number of hydrogen-bond acceptors (Lipinski definition) is 7. The van der Waals surface area contributed by atoms with E-state index in [0.717, 1.165) is 86.8 Å². The average molecular weight is 526 g/mol. The third-order valence-electron chi connectivity index (χ3n) is 7.45. The van der Waals surface area contributed by atoms with Crippen LogP contribution in [-0.2, 0) is 9.53 Å².